The first-order chi connectivity index (χ1) is 13.1. The molecule has 1 aromatic rings. The van der Waals surface area contributed by atoms with Gasteiger partial charge in [-0.3, -0.25) is 24.6 Å². The number of nitro benzene ring substituents is 1. The fourth-order valence-corrected chi connectivity index (χ4v) is 3.87. The largest absolute Gasteiger partial charge is 0.481 e. The highest BCUT2D eigenvalue weighted by molar-refractivity contribution is 8.26. The molecule has 2 N–H and O–H groups in total. The van der Waals surface area contributed by atoms with E-state index in [9.17, 15) is 29.6 Å². The first-order valence-electron chi connectivity index (χ1n) is 7.43. The van der Waals surface area contributed by atoms with Crippen LogP contribution >= 0.6 is 35.6 Å². The van der Waals surface area contributed by atoms with Gasteiger partial charge in [0.2, 0.25) is 0 Å². The zero-order valence-corrected chi connectivity index (χ0v) is 16.2. The lowest BCUT2D eigenvalue weighted by molar-refractivity contribution is -0.384. The molecule has 0 unspecified atom stereocenters. The van der Waals surface area contributed by atoms with Crippen molar-refractivity contribution in [3.63, 3.8) is 0 Å². The van der Waals surface area contributed by atoms with Crippen LogP contribution in [0.1, 0.15) is 12.0 Å². The smallest absolute Gasteiger partial charge is 0.327 e. The van der Waals surface area contributed by atoms with Gasteiger partial charge in [-0.2, -0.15) is 0 Å². The number of thioether (sulfide) groups is 1. The van der Waals surface area contributed by atoms with Gasteiger partial charge in [0, 0.05) is 17.2 Å². The Morgan fingerprint density at radius 1 is 1.32 bits per heavy atom. The molecule has 1 heterocycles. The van der Waals surface area contributed by atoms with Crippen LogP contribution in [0.3, 0.4) is 0 Å². The van der Waals surface area contributed by atoms with Gasteiger partial charge in [-0.15, -0.1) is 0 Å². The normalized spacial score (nSPS) is 17.1. The number of carboxylic acids is 2. The molecule has 1 aliphatic rings. The number of halogens is 1. The molecule has 2 rings (SSSR count). The highest BCUT2D eigenvalue weighted by Crippen LogP contribution is 2.34. The van der Waals surface area contributed by atoms with Gasteiger partial charge < -0.3 is 10.2 Å². The van der Waals surface area contributed by atoms with E-state index in [1.807, 2.05) is 0 Å². The number of carbonyl (C=O) groups is 3. The second kappa shape index (κ2) is 8.95. The number of nitro groups is 1. The molecule has 9 nitrogen and oxygen atoms in total. The summed E-state index contributed by atoms with van der Waals surface area (Å²) in [4.78, 5) is 45.6. The van der Waals surface area contributed by atoms with E-state index in [0.717, 1.165) is 16.7 Å². The predicted octanol–water partition coefficient (Wildman–Crippen LogP) is 2.85. The highest BCUT2D eigenvalue weighted by Gasteiger charge is 2.41. The summed E-state index contributed by atoms with van der Waals surface area (Å²) in [5, 5.41) is 28.8. The average molecular weight is 443 g/mol. The Morgan fingerprint density at radius 2 is 1.93 bits per heavy atom. The van der Waals surface area contributed by atoms with Crippen LogP contribution in [0.15, 0.2) is 40.3 Å². The van der Waals surface area contributed by atoms with Gasteiger partial charge in [0.25, 0.3) is 11.6 Å². The molecule has 0 saturated carbocycles. The SMILES string of the molecule is O=C(O)C[C@H](C(=O)O)N1C(=O)/C(=C\C(Cl)=C\c2ccc([N+](=O)[O-])cc2)SC1=S. The summed E-state index contributed by atoms with van der Waals surface area (Å²) in [6, 6.07) is 3.88. The number of hydrogen-bond acceptors (Lipinski definition) is 7. The minimum absolute atomic E-state index is 0.0322. The fraction of sp³-hybridized carbons (Fsp3) is 0.125. The topological polar surface area (TPSA) is 138 Å². The molecular weight excluding hydrogens is 432 g/mol. The number of amides is 1. The van der Waals surface area contributed by atoms with Gasteiger partial charge in [0.1, 0.15) is 10.4 Å². The lowest BCUT2D eigenvalue weighted by atomic mass is 10.1. The summed E-state index contributed by atoms with van der Waals surface area (Å²) in [5.41, 5.74) is 0.448. The Labute approximate surface area is 172 Å². The second-order valence-electron chi connectivity index (χ2n) is 5.38. The van der Waals surface area contributed by atoms with Crippen LogP contribution in [-0.2, 0) is 14.4 Å². The van der Waals surface area contributed by atoms with Crippen LogP contribution < -0.4 is 0 Å². The monoisotopic (exact) mass is 442 g/mol. The number of thiocarbonyl (C=S) groups is 1. The number of carbonyl (C=O) groups excluding carboxylic acids is 1. The predicted molar refractivity (Wildman–Crippen MR) is 106 cm³/mol. The minimum atomic E-state index is -1.63. The van der Waals surface area contributed by atoms with Gasteiger partial charge in [-0.25, -0.2) is 4.79 Å². The molecule has 0 aliphatic carbocycles. The molecule has 12 heteroatoms. The third kappa shape index (κ3) is 5.15. The lowest BCUT2D eigenvalue weighted by Crippen LogP contribution is -2.45. The van der Waals surface area contributed by atoms with Crippen molar-refractivity contribution in [1.82, 2.24) is 4.90 Å². The zero-order chi connectivity index (χ0) is 21.0. The first kappa shape index (κ1) is 21.5. The van der Waals surface area contributed by atoms with Crippen LogP contribution in [0, 0.1) is 10.1 Å². The van der Waals surface area contributed by atoms with E-state index in [-0.39, 0.29) is 19.9 Å². The molecule has 1 atom stereocenters. The summed E-state index contributed by atoms with van der Waals surface area (Å²) < 4.78 is -0.0929. The molecule has 1 aliphatic heterocycles. The third-order valence-electron chi connectivity index (χ3n) is 3.47. The number of allylic oxidation sites excluding steroid dienone is 2. The van der Waals surface area contributed by atoms with Gasteiger partial charge >= 0.3 is 11.9 Å². The molecule has 0 aromatic heterocycles. The molecule has 1 aromatic carbocycles. The van der Waals surface area contributed by atoms with Crippen LogP contribution in [0.5, 0.6) is 0 Å². The Balaban J connectivity index is 2.25. The van der Waals surface area contributed by atoms with Crippen LogP contribution in [-0.4, -0.2) is 48.2 Å². The summed E-state index contributed by atoms with van der Waals surface area (Å²) in [6.07, 6.45) is 1.91. The maximum absolute atomic E-state index is 12.5. The third-order valence-corrected chi connectivity index (χ3v) is 5.01. The second-order valence-corrected chi connectivity index (χ2v) is 7.49. The average Bonchev–Trinajstić information content (AvgIpc) is 2.86. The summed E-state index contributed by atoms with van der Waals surface area (Å²) in [6.45, 7) is 0. The number of benzene rings is 1. The van der Waals surface area contributed by atoms with Crippen molar-refractivity contribution >= 4 is 69.5 Å². The number of hydrogen-bond donors (Lipinski definition) is 2. The molecule has 146 valence electrons. The number of rotatable bonds is 7. The van der Waals surface area contributed by atoms with E-state index in [1.54, 1.807) is 0 Å². The van der Waals surface area contributed by atoms with Crippen molar-refractivity contribution < 1.29 is 29.5 Å². The van der Waals surface area contributed by atoms with Crippen molar-refractivity contribution in [1.29, 1.82) is 0 Å². The van der Waals surface area contributed by atoms with E-state index >= 15 is 0 Å². The Kier molecular flexibility index (Phi) is 6.89. The van der Waals surface area contributed by atoms with Crippen LogP contribution in [0.4, 0.5) is 5.69 Å². The quantitative estimate of drug-likeness (QED) is 0.282. The first-order valence-corrected chi connectivity index (χ1v) is 9.03. The van der Waals surface area contributed by atoms with Crippen molar-refractivity contribution in [2.75, 3.05) is 0 Å². The molecule has 0 spiro atoms. The van der Waals surface area contributed by atoms with Crippen molar-refractivity contribution in [3.05, 3.63) is 56.0 Å². The van der Waals surface area contributed by atoms with E-state index in [0.29, 0.717) is 5.56 Å². The number of nitrogens with zero attached hydrogens (tertiary/aromatic N) is 2. The Morgan fingerprint density at radius 3 is 2.43 bits per heavy atom. The van der Waals surface area contributed by atoms with Crippen molar-refractivity contribution in [2.24, 2.45) is 0 Å². The zero-order valence-electron chi connectivity index (χ0n) is 13.8. The highest BCUT2D eigenvalue weighted by atomic mass is 35.5. The standard InChI is InChI=1S/C16H11ClN2O7S2/c17-9(5-8-1-3-10(4-2-8)19(25)26)6-12-14(22)18(16(27)28-12)11(15(23)24)7-13(20)21/h1-6,11H,7H2,(H,20,21)(H,23,24)/b9-5-,12-6+/t11-/m1/s1. The number of non-ortho nitro benzene ring substituents is 1. The maximum atomic E-state index is 12.5. The molecule has 1 saturated heterocycles. The molecular formula is C16H11ClN2O7S2. The van der Waals surface area contributed by atoms with Crippen LogP contribution in [0.2, 0.25) is 0 Å². The number of aliphatic carboxylic acids is 2. The fourth-order valence-electron chi connectivity index (χ4n) is 2.22. The van der Waals surface area contributed by atoms with Gasteiger partial charge in [0.15, 0.2) is 0 Å². The van der Waals surface area contributed by atoms with Gasteiger partial charge in [-0.05, 0) is 29.8 Å². The van der Waals surface area contributed by atoms with Crippen molar-refractivity contribution in [3.8, 4) is 0 Å². The molecule has 28 heavy (non-hydrogen) atoms. The molecule has 0 bridgehead atoms. The van der Waals surface area contributed by atoms with Gasteiger partial charge in [-0.1, -0.05) is 35.6 Å². The molecule has 1 fully saturated rings. The van der Waals surface area contributed by atoms with E-state index in [2.05, 4.69) is 0 Å². The molecule has 1 amide bonds. The summed E-state index contributed by atoms with van der Waals surface area (Å²) in [5.74, 6) is -3.65. The summed E-state index contributed by atoms with van der Waals surface area (Å²) >= 11 is 11.9. The van der Waals surface area contributed by atoms with Crippen LogP contribution in [0.25, 0.3) is 6.08 Å². The molecule has 0 radical (unpaired) electrons. The van der Waals surface area contributed by atoms with E-state index in [4.69, 9.17) is 28.9 Å². The van der Waals surface area contributed by atoms with E-state index in [1.165, 1.54) is 36.4 Å². The van der Waals surface area contributed by atoms with Gasteiger partial charge in [0.05, 0.1) is 16.2 Å². The minimum Gasteiger partial charge on any atom is -0.481 e. The number of carboxylic acid groups (broad SMARTS) is 2. The Hall–Kier alpha value is -2.76. The lowest BCUT2D eigenvalue weighted by Gasteiger charge is -2.21. The Bertz CT molecular complexity index is 927. The maximum Gasteiger partial charge on any atom is 0.327 e. The summed E-state index contributed by atoms with van der Waals surface area (Å²) in [7, 11) is 0. The van der Waals surface area contributed by atoms with Crippen molar-refractivity contribution in [2.45, 2.75) is 12.5 Å². The van der Waals surface area contributed by atoms with E-state index < -0.39 is 35.2 Å².